The van der Waals surface area contributed by atoms with E-state index in [1.54, 1.807) is 6.33 Å². The lowest BCUT2D eigenvalue weighted by Gasteiger charge is -2.36. The topological polar surface area (TPSA) is 67.3 Å². The van der Waals surface area contributed by atoms with Crippen molar-refractivity contribution in [2.24, 2.45) is 0 Å². The zero-order chi connectivity index (χ0) is 18.8. The second-order valence-corrected chi connectivity index (χ2v) is 7.04. The first-order chi connectivity index (χ1) is 13.1. The van der Waals surface area contributed by atoms with E-state index in [4.69, 9.17) is 4.74 Å². The van der Waals surface area contributed by atoms with Crippen molar-refractivity contribution in [3.05, 3.63) is 42.6 Å². The van der Waals surface area contributed by atoms with Crippen molar-refractivity contribution in [3.63, 3.8) is 0 Å². The second kappa shape index (κ2) is 7.34. The number of aromatic nitrogens is 4. The van der Waals surface area contributed by atoms with Crippen LogP contribution in [0.2, 0.25) is 0 Å². The molecule has 0 bridgehead atoms. The smallest absolute Gasteiger partial charge is 0.224 e. The molecule has 27 heavy (non-hydrogen) atoms. The third-order valence-electron chi connectivity index (χ3n) is 4.67. The summed E-state index contributed by atoms with van der Waals surface area (Å²) in [6, 6.07) is 6.29. The number of rotatable bonds is 4. The van der Waals surface area contributed by atoms with E-state index in [9.17, 15) is 0 Å². The van der Waals surface area contributed by atoms with E-state index in [1.807, 2.05) is 39.2 Å². The van der Waals surface area contributed by atoms with Crippen molar-refractivity contribution in [3.8, 4) is 5.88 Å². The molecule has 140 valence electrons. The predicted octanol–water partition coefficient (Wildman–Crippen LogP) is 2.84. The minimum Gasteiger partial charge on any atom is -0.474 e. The molecule has 0 spiro atoms. The quantitative estimate of drug-likeness (QED) is 0.705. The fourth-order valence-corrected chi connectivity index (χ4v) is 3.28. The van der Waals surface area contributed by atoms with Crippen LogP contribution < -0.4 is 14.5 Å². The first-order valence-corrected chi connectivity index (χ1v) is 9.30. The molecule has 1 aliphatic rings. The normalized spacial score (nSPS) is 14.8. The Balaban J connectivity index is 1.52. The lowest BCUT2D eigenvalue weighted by Crippen LogP contribution is -2.46. The van der Waals surface area contributed by atoms with E-state index >= 15 is 0 Å². The molecule has 0 aliphatic carbocycles. The van der Waals surface area contributed by atoms with E-state index in [0.29, 0.717) is 5.88 Å². The van der Waals surface area contributed by atoms with Crippen LogP contribution in [0.1, 0.15) is 19.5 Å². The molecule has 3 aromatic rings. The zero-order valence-corrected chi connectivity index (χ0v) is 16.0. The molecule has 1 aromatic carbocycles. The van der Waals surface area contributed by atoms with Gasteiger partial charge in [-0.1, -0.05) is 0 Å². The van der Waals surface area contributed by atoms with E-state index in [0.717, 1.165) is 48.6 Å². The lowest BCUT2D eigenvalue weighted by molar-refractivity contribution is 0.235. The Morgan fingerprint density at radius 1 is 0.926 bits per heavy atom. The third kappa shape index (κ3) is 3.77. The number of hydrogen-bond acceptors (Lipinski definition) is 7. The molecule has 1 saturated heterocycles. The number of benzene rings is 1. The summed E-state index contributed by atoms with van der Waals surface area (Å²) < 4.78 is 5.86. The molecule has 7 heteroatoms. The summed E-state index contributed by atoms with van der Waals surface area (Å²) in [5.74, 6) is 1.59. The maximum absolute atomic E-state index is 5.86. The van der Waals surface area contributed by atoms with E-state index < -0.39 is 0 Å². The second-order valence-electron chi connectivity index (χ2n) is 7.04. The number of aryl methyl sites for hydroxylation is 1. The average molecular weight is 364 g/mol. The van der Waals surface area contributed by atoms with Crippen LogP contribution in [-0.2, 0) is 0 Å². The summed E-state index contributed by atoms with van der Waals surface area (Å²) in [6.07, 6.45) is 5.31. The highest BCUT2D eigenvalue weighted by Gasteiger charge is 2.19. The van der Waals surface area contributed by atoms with Crippen LogP contribution in [0.15, 0.2) is 36.9 Å². The van der Waals surface area contributed by atoms with Crippen LogP contribution in [0.3, 0.4) is 0 Å². The molecule has 7 nitrogen and oxygen atoms in total. The van der Waals surface area contributed by atoms with Gasteiger partial charge >= 0.3 is 0 Å². The van der Waals surface area contributed by atoms with Gasteiger partial charge in [0.25, 0.3) is 0 Å². The molecule has 0 amide bonds. The number of nitrogens with zero attached hydrogens (tertiary/aromatic N) is 6. The van der Waals surface area contributed by atoms with E-state index in [2.05, 4.69) is 41.9 Å². The zero-order valence-electron chi connectivity index (χ0n) is 16.0. The molecule has 0 atom stereocenters. The number of piperazine rings is 1. The summed E-state index contributed by atoms with van der Waals surface area (Å²) in [5.41, 5.74) is 3.01. The van der Waals surface area contributed by atoms with Gasteiger partial charge in [0, 0.05) is 31.9 Å². The Kier molecular flexibility index (Phi) is 4.75. The molecular formula is C20H24N6O. The molecule has 2 aromatic heterocycles. The summed E-state index contributed by atoms with van der Waals surface area (Å²) >= 11 is 0. The molecule has 4 rings (SSSR count). The van der Waals surface area contributed by atoms with Gasteiger partial charge in [0.2, 0.25) is 5.88 Å². The van der Waals surface area contributed by atoms with Crippen molar-refractivity contribution < 1.29 is 4.74 Å². The highest BCUT2D eigenvalue weighted by atomic mass is 16.5. The van der Waals surface area contributed by atoms with Crippen molar-refractivity contribution in [2.75, 3.05) is 36.0 Å². The van der Waals surface area contributed by atoms with Gasteiger partial charge in [0.05, 0.1) is 35.1 Å². The van der Waals surface area contributed by atoms with Gasteiger partial charge in [-0.2, -0.15) is 0 Å². The van der Waals surface area contributed by atoms with Crippen LogP contribution in [-0.4, -0.2) is 52.2 Å². The highest BCUT2D eigenvalue weighted by molar-refractivity contribution is 5.86. The summed E-state index contributed by atoms with van der Waals surface area (Å²) in [6.45, 7) is 9.64. The van der Waals surface area contributed by atoms with Gasteiger partial charge in [0.15, 0.2) is 0 Å². The van der Waals surface area contributed by atoms with Gasteiger partial charge in [-0.3, -0.25) is 4.98 Å². The summed E-state index contributed by atoms with van der Waals surface area (Å²) in [4.78, 5) is 22.2. The maximum Gasteiger partial charge on any atom is 0.224 e. The van der Waals surface area contributed by atoms with Gasteiger partial charge < -0.3 is 14.5 Å². The molecule has 0 unspecified atom stereocenters. The van der Waals surface area contributed by atoms with Gasteiger partial charge in [-0.05, 0) is 39.0 Å². The lowest BCUT2D eigenvalue weighted by atomic mass is 10.2. The Labute approximate surface area is 159 Å². The first kappa shape index (κ1) is 17.5. The third-order valence-corrected chi connectivity index (χ3v) is 4.67. The molecule has 0 saturated carbocycles. The number of ether oxygens (including phenoxy) is 1. The summed E-state index contributed by atoms with van der Waals surface area (Å²) in [5, 5.41) is 0.954. The van der Waals surface area contributed by atoms with Gasteiger partial charge in [0.1, 0.15) is 12.1 Å². The SMILES string of the molecule is Cc1cnc(N2CCN(c3ccc4ncnc(OC(C)C)c4c3)CC2)cn1. The largest absolute Gasteiger partial charge is 0.474 e. The fraction of sp³-hybridized carbons (Fsp3) is 0.400. The van der Waals surface area contributed by atoms with Crippen LogP contribution in [0.5, 0.6) is 5.88 Å². The Hall–Kier alpha value is -2.96. The summed E-state index contributed by atoms with van der Waals surface area (Å²) in [7, 11) is 0. The Morgan fingerprint density at radius 3 is 2.41 bits per heavy atom. The number of fused-ring (bicyclic) bond motifs is 1. The minimum absolute atomic E-state index is 0.0749. The molecule has 0 N–H and O–H groups in total. The van der Waals surface area contributed by atoms with Crippen molar-refractivity contribution in [1.29, 1.82) is 0 Å². The molecule has 0 radical (unpaired) electrons. The van der Waals surface area contributed by atoms with Gasteiger partial charge in [-0.25, -0.2) is 15.0 Å². The number of anilines is 2. The Morgan fingerprint density at radius 2 is 1.70 bits per heavy atom. The molecular weight excluding hydrogens is 340 g/mol. The van der Waals surface area contributed by atoms with Crippen LogP contribution >= 0.6 is 0 Å². The Bertz CT molecular complexity index is 919. The number of hydrogen-bond donors (Lipinski definition) is 0. The molecule has 1 fully saturated rings. The molecule has 3 heterocycles. The van der Waals surface area contributed by atoms with Crippen LogP contribution in [0.4, 0.5) is 11.5 Å². The first-order valence-electron chi connectivity index (χ1n) is 9.30. The fourth-order valence-electron chi connectivity index (χ4n) is 3.28. The maximum atomic E-state index is 5.86. The van der Waals surface area contributed by atoms with E-state index in [1.165, 1.54) is 5.69 Å². The average Bonchev–Trinajstić information content (AvgIpc) is 2.68. The van der Waals surface area contributed by atoms with Gasteiger partial charge in [-0.15, -0.1) is 0 Å². The van der Waals surface area contributed by atoms with Crippen molar-refractivity contribution >= 4 is 22.4 Å². The molecule has 1 aliphatic heterocycles. The highest BCUT2D eigenvalue weighted by Crippen LogP contribution is 2.28. The van der Waals surface area contributed by atoms with Crippen molar-refractivity contribution in [1.82, 2.24) is 19.9 Å². The predicted molar refractivity (Wildman–Crippen MR) is 106 cm³/mol. The van der Waals surface area contributed by atoms with Crippen molar-refractivity contribution in [2.45, 2.75) is 26.9 Å². The van der Waals surface area contributed by atoms with Crippen LogP contribution in [0, 0.1) is 6.92 Å². The van der Waals surface area contributed by atoms with Crippen LogP contribution in [0.25, 0.3) is 10.9 Å². The standard InChI is InChI=1S/C20H24N6O/c1-14(2)27-20-17-10-16(4-5-18(17)23-13-24-20)25-6-8-26(9-7-25)19-12-21-15(3)11-22-19/h4-5,10-14H,6-9H2,1-3H3. The minimum atomic E-state index is 0.0749. The monoisotopic (exact) mass is 364 g/mol. The van der Waals surface area contributed by atoms with E-state index in [-0.39, 0.29) is 6.10 Å².